The maximum Gasteiger partial charge on any atom is 0.221 e. The van der Waals surface area contributed by atoms with Crippen molar-refractivity contribution in [1.82, 2.24) is 4.90 Å². The summed E-state index contributed by atoms with van der Waals surface area (Å²) in [5, 5.41) is 0. The van der Waals surface area contributed by atoms with Gasteiger partial charge in [-0.1, -0.05) is 30.3 Å². The number of rotatable bonds is 3. The third-order valence-corrected chi connectivity index (χ3v) is 5.34. The second-order valence-electron chi connectivity index (χ2n) is 6.65. The maximum atomic E-state index is 11.4. The Hall–Kier alpha value is -1.35. The highest BCUT2D eigenvalue weighted by Gasteiger charge is 2.31. The molecule has 1 amide bonds. The number of nitrogens with zero attached hydrogens (tertiary/aromatic N) is 1. The van der Waals surface area contributed by atoms with Gasteiger partial charge in [0.25, 0.3) is 0 Å². The van der Waals surface area contributed by atoms with Gasteiger partial charge in [-0.2, -0.15) is 0 Å². The van der Waals surface area contributed by atoms with Crippen LogP contribution in [0.2, 0.25) is 0 Å². The Bertz CT molecular complexity index is 465. The molecule has 3 nitrogen and oxygen atoms in total. The number of hydrogen-bond acceptors (Lipinski definition) is 2. The summed E-state index contributed by atoms with van der Waals surface area (Å²) in [5.41, 5.74) is 6.98. The first-order valence-corrected chi connectivity index (χ1v) is 8.32. The number of amides is 1. The van der Waals surface area contributed by atoms with Gasteiger partial charge in [0.05, 0.1) is 5.92 Å². The molecule has 2 aliphatic rings. The average Bonchev–Trinajstić information content (AvgIpc) is 2.56. The van der Waals surface area contributed by atoms with Crippen LogP contribution in [0, 0.1) is 5.92 Å². The molecule has 114 valence electrons. The van der Waals surface area contributed by atoms with E-state index in [0.717, 1.165) is 31.8 Å². The normalized spacial score (nSPS) is 31.0. The maximum absolute atomic E-state index is 11.4. The zero-order valence-corrected chi connectivity index (χ0v) is 12.7. The summed E-state index contributed by atoms with van der Waals surface area (Å²) in [7, 11) is 0. The summed E-state index contributed by atoms with van der Waals surface area (Å²) < 4.78 is 0. The van der Waals surface area contributed by atoms with Crippen molar-refractivity contribution in [2.45, 2.75) is 50.5 Å². The quantitative estimate of drug-likeness (QED) is 0.928. The van der Waals surface area contributed by atoms with Gasteiger partial charge in [-0.25, -0.2) is 0 Å². The van der Waals surface area contributed by atoms with Gasteiger partial charge in [0.2, 0.25) is 5.91 Å². The summed E-state index contributed by atoms with van der Waals surface area (Å²) >= 11 is 0. The number of benzene rings is 1. The third-order valence-electron chi connectivity index (χ3n) is 5.34. The van der Waals surface area contributed by atoms with Crippen LogP contribution in [-0.4, -0.2) is 29.9 Å². The molecule has 0 unspecified atom stereocenters. The van der Waals surface area contributed by atoms with Crippen molar-refractivity contribution in [3.63, 3.8) is 0 Å². The molecule has 0 radical (unpaired) electrons. The number of piperidine rings is 1. The predicted octanol–water partition coefficient (Wildman–Crippen LogP) is 2.91. The van der Waals surface area contributed by atoms with E-state index in [1.807, 2.05) is 0 Å². The first kappa shape index (κ1) is 14.6. The number of hydrogen-bond donors (Lipinski definition) is 1. The minimum Gasteiger partial charge on any atom is -0.369 e. The molecule has 1 atom stereocenters. The molecular formula is C18H26N2O. The van der Waals surface area contributed by atoms with E-state index >= 15 is 0 Å². The Morgan fingerprint density at radius 2 is 1.76 bits per heavy atom. The zero-order chi connectivity index (χ0) is 14.7. The molecule has 1 aliphatic heterocycles. The van der Waals surface area contributed by atoms with Gasteiger partial charge in [-0.3, -0.25) is 9.69 Å². The fraction of sp³-hybridized carbons (Fsp3) is 0.611. The lowest BCUT2D eigenvalue weighted by molar-refractivity contribution is -0.123. The van der Waals surface area contributed by atoms with Crippen LogP contribution < -0.4 is 5.73 Å². The Balaban J connectivity index is 1.55. The average molecular weight is 286 g/mol. The molecule has 3 rings (SSSR count). The monoisotopic (exact) mass is 286 g/mol. The molecule has 1 aromatic carbocycles. The second kappa shape index (κ2) is 6.61. The summed E-state index contributed by atoms with van der Waals surface area (Å²) in [6, 6.07) is 11.6. The fourth-order valence-electron chi connectivity index (χ4n) is 4.07. The first-order valence-electron chi connectivity index (χ1n) is 8.32. The number of carbonyl (C=O) groups is 1. The number of primary amides is 1. The Labute approximate surface area is 127 Å². The van der Waals surface area contributed by atoms with E-state index in [1.165, 1.54) is 31.2 Å². The molecule has 1 saturated heterocycles. The lowest BCUT2D eigenvalue weighted by Gasteiger charge is -2.40. The van der Waals surface area contributed by atoms with Gasteiger partial charge in [-0.15, -0.1) is 0 Å². The van der Waals surface area contributed by atoms with Crippen molar-refractivity contribution >= 4 is 5.91 Å². The minimum absolute atomic E-state index is 0.0746. The molecule has 0 bridgehead atoms. The number of likely N-dealkylation sites (tertiary alicyclic amines) is 1. The number of nitrogens with two attached hydrogens (primary N) is 1. The molecular weight excluding hydrogens is 260 g/mol. The van der Waals surface area contributed by atoms with Gasteiger partial charge in [0.1, 0.15) is 0 Å². The molecule has 1 aromatic rings. The Morgan fingerprint density at radius 3 is 2.43 bits per heavy atom. The van der Waals surface area contributed by atoms with Crippen molar-refractivity contribution in [3.8, 4) is 0 Å². The zero-order valence-electron chi connectivity index (χ0n) is 12.7. The molecule has 1 saturated carbocycles. The lowest BCUT2D eigenvalue weighted by atomic mass is 9.80. The molecule has 3 heteroatoms. The highest BCUT2D eigenvalue weighted by molar-refractivity contribution is 5.76. The third kappa shape index (κ3) is 3.46. The fourth-order valence-corrected chi connectivity index (χ4v) is 4.07. The summed E-state index contributed by atoms with van der Waals surface area (Å²) in [6.07, 6.45) is 7.15. The topological polar surface area (TPSA) is 46.3 Å². The summed E-state index contributed by atoms with van der Waals surface area (Å²) in [6.45, 7) is 2.03. The van der Waals surface area contributed by atoms with Gasteiger partial charge < -0.3 is 5.73 Å². The molecule has 0 aromatic heterocycles. The molecule has 1 aliphatic carbocycles. The SMILES string of the molecule is NC(=O)[C@H]1CCCN(C2CCC(c3ccccc3)CC2)C1. The second-order valence-corrected chi connectivity index (χ2v) is 6.65. The van der Waals surface area contributed by atoms with Crippen LogP contribution in [0.1, 0.15) is 50.0 Å². The van der Waals surface area contributed by atoms with Crippen LogP contribution >= 0.6 is 0 Å². The minimum atomic E-state index is -0.113. The van der Waals surface area contributed by atoms with E-state index in [4.69, 9.17) is 5.73 Å². The lowest BCUT2D eigenvalue weighted by Crippen LogP contribution is -2.47. The van der Waals surface area contributed by atoms with Gasteiger partial charge in [0.15, 0.2) is 0 Å². The van der Waals surface area contributed by atoms with E-state index in [9.17, 15) is 4.79 Å². The smallest absolute Gasteiger partial charge is 0.221 e. The molecule has 2 N–H and O–H groups in total. The van der Waals surface area contributed by atoms with Gasteiger partial charge >= 0.3 is 0 Å². The largest absolute Gasteiger partial charge is 0.369 e. The molecule has 1 heterocycles. The van der Waals surface area contributed by atoms with E-state index < -0.39 is 0 Å². The van der Waals surface area contributed by atoms with E-state index in [-0.39, 0.29) is 11.8 Å². The molecule has 2 fully saturated rings. The van der Waals surface area contributed by atoms with Crippen molar-refractivity contribution in [2.75, 3.05) is 13.1 Å². The van der Waals surface area contributed by atoms with Crippen LogP contribution in [0.25, 0.3) is 0 Å². The first-order chi connectivity index (χ1) is 10.2. The van der Waals surface area contributed by atoms with Gasteiger partial charge in [0, 0.05) is 12.6 Å². The summed E-state index contributed by atoms with van der Waals surface area (Å²) in [4.78, 5) is 13.9. The molecule has 21 heavy (non-hydrogen) atoms. The van der Waals surface area contributed by atoms with Crippen molar-refractivity contribution in [3.05, 3.63) is 35.9 Å². The van der Waals surface area contributed by atoms with Crippen LogP contribution in [-0.2, 0) is 4.79 Å². The van der Waals surface area contributed by atoms with E-state index in [0.29, 0.717) is 6.04 Å². The Kier molecular flexibility index (Phi) is 4.59. The van der Waals surface area contributed by atoms with Crippen molar-refractivity contribution in [2.24, 2.45) is 11.7 Å². The molecule has 0 spiro atoms. The van der Waals surface area contributed by atoms with Crippen molar-refractivity contribution in [1.29, 1.82) is 0 Å². The Morgan fingerprint density at radius 1 is 1.05 bits per heavy atom. The van der Waals surface area contributed by atoms with Crippen LogP contribution in [0.4, 0.5) is 0 Å². The van der Waals surface area contributed by atoms with E-state index in [1.54, 1.807) is 0 Å². The van der Waals surface area contributed by atoms with Crippen molar-refractivity contribution < 1.29 is 4.79 Å². The summed E-state index contributed by atoms with van der Waals surface area (Å²) in [5.74, 6) is 0.683. The highest BCUT2D eigenvalue weighted by atomic mass is 16.1. The van der Waals surface area contributed by atoms with Crippen LogP contribution in [0.15, 0.2) is 30.3 Å². The van der Waals surface area contributed by atoms with Crippen LogP contribution in [0.3, 0.4) is 0 Å². The van der Waals surface area contributed by atoms with Gasteiger partial charge in [-0.05, 0) is 56.6 Å². The highest BCUT2D eigenvalue weighted by Crippen LogP contribution is 2.35. The standard InChI is InChI=1S/C18H26N2O/c19-18(21)16-7-4-12-20(13-16)17-10-8-15(9-11-17)14-5-2-1-3-6-14/h1-3,5-6,15-17H,4,7-13H2,(H2,19,21)/t15?,16-,17?/m0/s1. The van der Waals surface area contributed by atoms with Crippen LogP contribution in [0.5, 0.6) is 0 Å². The predicted molar refractivity (Wildman–Crippen MR) is 84.9 cm³/mol. The van der Waals surface area contributed by atoms with E-state index in [2.05, 4.69) is 35.2 Å². The number of carbonyl (C=O) groups excluding carboxylic acids is 1.